The van der Waals surface area contributed by atoms with Gasteiger partial charge in [0.25, 0.3) is 5.56 Å². The minimum Gasteiger partial charge on any atom is -0.397 e. The minimum absolute atomic E-state index is 0.0578. The van der Waals surface area contributed by atoms with E-state index in [1.54, 1.807) is 26.0 Å². The standard InChI is InChI=1S/C23H25F3N8O3/c1-13-3-8-17(27)18(31-13)11-28-19(35)12-34-14(2)9-29-20(21(34)36)32-33-22(37)30-10-15-4-6-16(7-5-15)23(24,25)26/h3-9H,10-12,27H2,1-2H3,(H,28,35)(H,29,32)(H2,30,33,37). The van der Waals surface area contributed by atoms with Gasteiger partial charge >= 0.3 is 12.2 Å². The second-order valence-electron chi connectivity index (χ2n) is 8.03. The van der Waals surface area contributed by atoms with Crippen LogP contribution in [-0.2, 0) is 30.6 Å². The molecule has 1 aromatic carbocycles. The molecule has 6 N–H and O–H groups in total. The topological polar surface area (TPSA) is 156 Å². The highest BCUT2D eigenvalue weighted by Crippen LogP contribution is 2.29. The van der Waals surface area contributed by atoms with Gasteiger partial charge in [0.2, 0.25) is 11.7 Å². The average molecular weight is 519 g/mol. The Morgan fingerprint density at radius 1 is 1.03 bits per heavy atom. The molecule has 0 fully saturated rings. The van der Waals surface area contributed by atoms with Gasteiger partial charge in [0.15, 0.2) is 0 Å². The fourth-order valence-electron chi connectivity index (χ4n) is 3.15. The molecule has 0 aliphatic rings. The first-order chi connectivity index (χ1) is 17.4. The predicted molar refractivity (Wildman–Crippen MR) is 129 cm³/mol. The summed E-state index contributed by atoms with van der Waals surface area (Å²) in [6, 6.07) is 6.98. The molecule has 3 aromatic rings. The normalized spacial score (nSPS) is 11.1. The van der Waals surface area contributed by atoms with Crippen LogP contribution in [0.25, 0.3) is 0 Å². The number of nitrogen functional groups attached to an aromatic ring is 1. The molecule has 2 aromatic heterocycles. The van der Waals surface area contributed by atoms with E-state index >= 15 is 0 Å². The third kappa shape index (κ3) is 7.43. The van der Waals surface area contributed by atoms with Crippen LogP contribution in [0.2, 0.25) is 0 Å². The number of hydrazine groups is 1. The van der Waals surface area contributed by atoms with Gasteiger partial charge in [-0.1, -0.05) is 12.1 Å². The first-order valence-electron chi connectivity index (χ1n) is 10.9. The molecular weight excluding hydrogens is 493 g/mol. The Labute approximate surface area is 209 Å². The minimum atomic E-state index is -4.45. The number of urea groups is 1. The van der Waals surface area contributed by atoms with Crippen LogP contribution in [0.3, 0.4) is 0 Å². The Hall–Kier alpha value is -4.62. The Balaban J connectivity index is 1.54. The number of nitrogens with one attached hydrogen (secondary N) is 4. The third-order valence-corrected chi connectivity index (χ3v) is 5.19. The largest absolute Gasteiger partial charge is 0.416 e. The zero-order valence-corrected chi connectivity index (χ0v) is 19.9. The molecule has 0 saturated carbocycles. The van der Waals surface area contributed by atoms with Crippen LogP contribution in [0.15, 0.2) is 47.4 Å². The van der Waals surface area contributed by atoms with Crippen LogP contribution in [-0.4, -0.2) is 26.5 Å². The molecule has 3 amide bonds. The Morgan fingerprint density at radius 3 is 2.41 bits per heavy atom. The van der Waals surface area contributed by atoms with Gasteiger partial charge in [0.1, 0.15) is 6.54 Å². The fraction of sp³-hybridized carbons (Fsp3) is 0.261. The van der Waals surface area contributed by atoms with E-state index in [0.717, 1.165) is 17.8 Å². The van der Waals surface area contributed by atoms with Gasteiger partial charge in [-0.25, -0.2) is 9.78 Å². The maximum absolute atomic E-state index is 12.8. The quantitative estimate of drug-likeness (QED) is 0.286. The second-order valence-corrected chi connectivity index (χ2v) is 8.03. The van der Waals surface area contributed by atoms with Gasteiger partial charge in [-0.2, -0.15) is 13.2 Å². The molecule has 0 spiro atoms. The van der Waals surface area contributed by atoms with Crippen LogP contribution in [0.1, 0.15) is 28.2 Å². The number of carbonyl (C=O) groups is 2. The zero-order valence-electron chi connectivity index (χ0n) is 19.9. The lowest BCUT2D eigenvalue weighted by atomic mass is 10.1. The monoisotopic (exact) mass is 518 g/mol. The first kappa shape index (κ1) is 27.0. The molecule has 11 nitrogen and oxygen atoms in total. The van der Waals surface area contributed by atoms with E-state index in [1.807, 2.05) is 0 Å². The van der Waals surface area contributed by atoms with Gasteiger partial charge in [-0.3, -0.25) is 30.0 Å². The van der Waals surface area contributed by atoms with Crippen molar-refractivity contribution in [2.45, 2.75) is 39.7 Å². The molecule has 0 atom stereocenters. The molecule has 0 saturated heterocycles. The number of halogens is 3. The van der Waals surface area contributed by atoms with Gasteiger partial charge in [-0.15, -0.1) is 0 Å². The molecule has 0 aliphatic carbocycles. The number of aryl methyl sites for hydroxylation is 2. The Bertz CT molecular complexity index is 1340. The number of pyridine rings is 1. The molecule has 0 unspecified atom stereocenters. The number of benzene rings is 1. The number of hydrogen-bond acceptors (Lipinski definition) is 7. The molecule has 0 bridgehead atoms. The summed E-state index contributed by atoms with van der Waals surface area (Å²) in [7, 11) is 0. The van der Waals surface area contributed by atoms with Gasteiger partial charge < -0.3 is 16.4 Å². The number of hydrogen-bond donors (Lipinski definition) is 5. The summed E-state index contributed by atoms with van der Waals surface area (Å²) in [6.07, 6.45) is -3.10. The number of alkyl halides is 3. The van der Waals surface area contributed by atoms with Crippen molar-refractivity contribution in [3.63, 3.8) is 0 Å². The highest BCUT2D eigenvalue weighted by Gasteiger charge is 2.29. The van der Waals surface area contributed by atoms with Crippen LogP contribution in [0.5, 0.6) is 0 Å². The average Bonchev–Trinajstić information content (AvgIpc) is 2.85. The molecule has 2 heterocycles. The molecule has 0 aliphatic heterocycles. The maximum Gasteiger partial charge on any atom is 0.416 e. The lowest BCUT2D eigenvalue weighted by Crippen LogP contribution is -2.41. The number of aromatic nitrogens is 3. The molecular formula is C23H25F3N8O3. The van der Waals surface area contributed by atoms with E-state index in [2.05, 4.69) is 31.5 Å². The predicted octanol–water partition coefficient (Wildman–Crippen LogP) is 2.00. The number of nitrogens with zero attached hydrogens (tertiary/aromatic N) is 3. The number of rotatable bonds is 8. The van der Waals surface area contributed by atoms with Crippen LogP contribution in [0.4, 0.5) is 29.5 Å². The third-order valence-electron chi connectivity index (χ3n) is 5.19. The van der Waals surface area contributed by atoms with Gasteiger partial charge in [0, 0.05) is 24.1 Å². The van der Waals surface area contributed by atoms with Crippen molar-refractivity contribution < 1.29 is 22.8 Å². The van der Waals surface area contributed by atoms with Crippen LogP contribution in [0, 0.1) is 13.8 Å². The summed E-state index contributed by atoms with van der Waals surface area (Å²) in [6.45, 7) is 3.10. The highest BCUT2D eigenvalue weighted by molar-refractivity contribution is 5.76. The summed E-state index contributed by atoms with van der Waals surface area (Å²) in [5, 5.41) is 5.09. The number of amides is 3. The van der Waals surface area contributed by atoms with Gasteiger partial charge in [0.05, 0.1) is 23.5 Å². The SMILES string of the molecule is Cc1ccc(N)c(CNC(=O)Cn2c(C)cnc(NNC(=O)NCc3ccc(C(F)(F)F)cc3)c2=O)n1. The second kappa shape index (κ2) is 11.4. The van der Waals surface area contributed by atoms with Crippen molar-refractivity contribution in [3.05, 3.63) is 81.2 Å². The lowest BCUT2D eigenvalue weighted by Gasteiger charge is -2.14. The van der Waals surface area contributed by atoms with Crippen LogP contribution < -0.4 is 32.8 Å². The number of carbonyl (C=O) groups excluding carboxylic acids is 2. The summed E-state index contributed by atoms with van der Waals surface area (Å²) in [5.41, 5.74) is 11.5. The maximum atomic E-state index is 12.8. The Kier molecular flexibility index (Phi) is 8.32. The van der Waals surface area contributed by atoms with Crippen molar-refractivity contribution in [1.29, 1.82) is 0 Å². The van der Waals surface area contributed by atoms with E-state index in [1.165, 1.54) is 22.9 Å². The van der Waals surface area contributed by atoms with E-state index in [9.17, 15) is 27.6 Å². The van der Waals surface area contributed by atoms with E-state index in [4.69, 9.17) is 5.73 Å². The van der Waals surface area contributed by atoms with Crippen molar-refractivity contribution >= 4 is 23.4 Å². The first-order valence-corrected chi connectivity index (χ1v) is 10.9. The smallest absolute Gasteiger partial charge is 0.397 e. The van der Waals surface area contributed by atoms with Crippen molar-refractivity contribution in [2.75, 3.05) is 11.2 Å². The van der Waals surface area contributed by atoms with E-state index in [0.29, 0.717) is 22.6 Å². The summed E-state index contributed by atoms with van der Waals surface area (Å²) < 4.78 is 39.1. The molecule has 0 radical (unpaired) electrons. The van der Waals surface area contributed by atoms with Crippen molar-refractivity contribution in [3.8, 4) is 0 Å². The van der Waals surface area contributed by atoms with Crippen molar-refractivity contribution in [2.24, 2.45) is 0 Å². The van der Waals surface area contributed by atoms with E-state index < -0.39 is 29.2 Å². The van der Waals surface area contributed by atoms with Gasteiger partial charge in [-0.05, 0) is 43.7 Å². The van der Waals surface area contributed by atoms with Crippen molar-refractivity contribution in [1.82, 2.24) is 30.6 Å². The number of anilines is 2. The van der Waals surface area contributed by atoms with Crippen LogP contribution >= 0.6 is 0 Å². The molecule has 14 heteroatoms. The zero-order chi connectivity index (χ0) is 27.2. The fourth-order valence-corrected chi connectivity index (χ4v) is 3.15. The molecule has 196 valence electrons. The lowest BCUT2D eigenvalue weighted by molar-refractivity contribution is -0.137. The van der Waals surface area contributed by atoms with E-state index in [-0.39, 0.29) is 25.5 Å². The summed E-state index contributed by atoms with van der Waals surface area (Å²) >= 11 is 0. The Morgan fingerprint density at radius 2 is 1.73 bits per heavy atom. The highest BCUT2D eigenvalue weighted by atomic mass is 19.4. The molecule has 3 rings (SSSR count). The molecule has 37 heavy (non-hydrogen) atoms. The summed E-state index contributed by atoms with van der Waals surface area (Å²) in [5.74, 6) is -0.708. The number of nitrogens with two attached hydrogens (primary N) is 1. The summed E-state index contributed by atoms with van der Waals surface area (Å²) in [4.78, 5) is 45.5.